The van der Waals surface area contributed by atoms with Gasteiger partial charge in [-0.2, -0.15) is 0 Å². The van der Waals surface area contributed by atoms with Gasteiger partial charge in [0.15, 0.2) is 4.96 Å². The summed E-state index contributed by atoms with van der Waals surface area (Å²) < 4.78 is 2.13. The first kappa shape index (κ1) is 11.3. The summed E-state index contributed by atoms with van der Waals surface area (Å²) in [4.78, 5) is 5.84. The third-order valence-electron chi connectivity index (χ3n) is 5.04. The Bertz CT molecular complexity index is 547. The zero-order valence-corrected chi connectivity index (χ0v) is 11.9. The molecule has 2 saturated carbocycles. The Morgan fingerprint density at radius 2 is 2.44 bits per heavy atom. The van der Waals surface area contributed by atoms with Gasteiger partial charge in [0, 0.05) is 23.7 Å². The normalized spacial score (nSPS) is 34.7. The van der Waals surface area contributed by atoms with E-state index in [0.717, 1.165) is 29.1 Å². The van der Waals surface area contributed by atoms with Crippen LogP contribution in [0.2, 0.25) is 0 Å². The molecule has 4 rings (SSSR count). The summed E-state index contributed by atoms with van der Waals surface area (Å²) in [7, 11) is 0. The van der Waals surface area contributed by atoms with Gasteiger partial charge in [-0.3, -0.25) is 4.40 Å². The summed E-state index contributed by atoms with van der Waals surface area (Å²) in [6.45, 7) is 0. The van der Waals surface area contributed by atoms with E-state index in [-0.39, 0.29) is 0 Å². The zero-order chi connectivity index (χ0) is 12.2. The molecule has 2 aromatic rings. The summed E-state index contributed by atoms with van der Waals surface area (Å²) in [5.74, 6) is 2.59. The molecule has 2 aliphatic rings. The molecule has 0 aromatic carbocycles. The first-order chi connectivity index (χ1) is 8.79. The summed E-state index contributed by atoms with van der Waals surface area (Å²) in [6, 6.07) is 0. The molecule has 0 spiro atoms. The number of halogens is 1. The maximum Gasteiger partial charge on any atom is 0.193 e. The quantitative estimate of drug-likeness (QED) is 0.777. The molecule has 0 radical (unpaired) electrons. The molecule has 18 heavy (non-hydrogen) atoms. The van der Waals surface area contributed by atoms with E-state index in [2.05, 4.69) is 22.2 Å². The van der Waals surface area contributed by atoms with Crippen LogP contribution < -0.4 is 0 Å². The molecule has 3 unspecified atom stereocenters. The van der Waals surface area contributed by atoms with Crippen LogP contribution in [-0.4, -0.2) is 15.3 Å². The van der Waals surface area contributed by atoms with Gasteiger partial charge >= 0.3 is 0 Å². The topological polar surface area (TPSA) is 17.3 Å². The number of thiazole rings is 1. The Hall–Kier alpha value is -0.540. The lowest BCUT2D eigenvalue weighted by atomic mass is 9.71. The smallest absolute Gasteiger partial charge is 0.193 e. The van der Waals surface area contributed by atoms with Crippen LogP contribution in [0.25, 0.3) is 4.96 Å². The van der Waals surface area contributed by atoms with Crippen molar-refractivity contribution in [2.75, 3.05) is 5.88 Å². The molecule has 3 atom stereocenters. The third kappa shape index (κ3) is 1.56. The van der Waals surface area contributed by atoms with Gasteiger partial charge in [0.25, 0.3) is 0 Å². The zero-order valence-electron chi connectivity index (χ0n) is 10.3. The summed E-state index contributed by atoms with van der Waals surface area (Å²) >= 11 is 8.06. The fourth-order valence-corrected chi connectivity index (χ4v) is 5.35. The van der Waals surface area contributed by atoms with Crippen LogP contribution >= 0.6 is 22.9 Å². The van der Waals surface area contributed by atoms with Gasteiger partial charge in [0.2, 0.25) is 0 Å². The summed E-state index contributed by atoms with van der Waals surface area (Å²) in [5, 5.41) is 2.08. The molecular formula is C14H17ClN2S. The maximum atomic E-state index is 6.35. The Balaban J connectivity index is 1.64. The molecule has 2 fully saturated rings. The van der Waals surface area contributed by atoms with Gasteiger partial charge < -0.3 is 0 Å². The van der Waals surface area contributed by atoms with Crippen LogP contribution in [0.4, 0.5) is 0 Å². The first-order valence-electron chi connectivity index (χ1n) is 6.76. The van der Waals surface area contributed by atoms with Crippen LogP contribution in [-0.2, 0) is 6.42 Å². The molecule has 4 heteroatoms. The standard InChI is InChI=1S/C14H17ClN2S/c15-9-14(6-10-1-2-11(14)5-10)7-12-8-17-3-4-18-13(17)16-12/h3-4,8,10-11H,1-2,5-7,9H2. The van der Waals surface area contributed by atoms with Crippen molar-refractivity contribution in [2.24, 2.45) is 17.3 Å². The lowest BCUT2D eigenvalue weighted by Gasteiger charge is -2.35. The number of aromatic nitrogens is 2. The second-order valence-electron chi connectivity index (χ2n) is 6.08. The van der Waals surface area contributed by atoms with E-state index in [1.807, 2.05) is 0 Å². The maximum absolute atomic E-state index is 6.35. The average Bonchev–Trinajstić information content (AvgIpc) is 3.06. The van der Waals surface area contributed by atoms with E-state index in [1.165, 1.54) is 31.4 Å². The van der Waals surface area contributed by atoms with Crippen molar-refractivity contribution in [1.82, 2.24) is 9.38 Å². The van der Waals surface area contributed by atoms with Crippen molar-refractivity contribution >= 4 is 27.9 Å². The van der Waals surface area contributed by atoms with Gasteiger partial charge in [0.1, 0.15) is 0 Å². The number of alkyl halides is 1. The Kier molecular flexibility index (Phi) is 2.50. The largest absolute Gasteiger partial charge is 0.297 e. The molecule has 2 heterocycles. The number of rotatable bonds is 3. The van der Waals surface area contributed by atoms with Crippen LogP contribution in [0.1, 0.15) is 31.4 Å². The first-order valence-corrected chi connectivity index (χ1v) is 8.17. The van der Waals surface area contributed by atoms with Gasteiger partial charge in [-0.15, -0.1) is 22.9 Å². The van der Waals surface area contributed by atoms with Crippen molar-refractivity contribution in [3.8, 4) is 0 Å². The van der Waals surface area contributed by atoms with E-state index in [0.29, 0.717) is 5.41 Å². The van der Waals surface area contributed by atoms with Crippen molar-refractivity contribution in [3.05, 3.63) is 23.5 Å². The van der Waals surface area contributed by atoms with Crippen LogP contribution in [0, 0.1) is 17.3 Å². The number of nitrogens with zero attached hydrogens (tertiary/aromatic N) is 2. The van der Waals surface area contributed by atoms with E-state index in [4.69, 9.17) is 16.6 Å². The minimum Gasteiger partial charge on any atom is -0.297 e. The fraction of sp³-hybridized carbons (Fsp3) is 0.643. The van der Waals surface area contributed by atoms with Crippen LogP contribution in [0.15, 0.2) is 17.8 Å². The highest BCUT2D eigenvalue weighted by Gasteiger charge is 2.50. The van der Waals surface area contributed by atoms with Crippen molar-refractivity contribution in [2.45, 2.75) is 32.1 Å². The van der Waals surface area contributed by atoms with Crippen LogP contribution in [0.5, 0.6) is 0 Å². The van der Waals surface area contributed by atoms with Crippen molar-refractivity contribution in [3.63, 3.8) is 0 Å². The SMILES string of the molecule is ClCC1(Cc2cn3ccsc3n2)CC2CCC1C2. The van der Waals surface area contributed by atoms with Crippen molar-refractivity contribution < 1.29 is 0 Å². The Morgan fingerprint density at radius 1 is 1.50 bits per heavy atom. The van der Waals surface area contributed by atoms with Gasteiger partial charge in [-0.05, 0) is 42.9 Å². The Labute approximate surface area is 116 Å². The molecule has 2 bridgehead atoms. The average molecular weight is 281 g/mol. The number of hydrogen-bond acceptors (Lipinski definition) is 2. The highest BCUT2D eigenvalue weighted by atomic mass is 35.5. The molecule has 0 N–H and O–H groups in total. The highest BCUT2D eigenvalue weighted by molar-refractivity contribution is 7.15. The summed E-state index contributed by atoms with van der Waals surface area (Å²) in [5.41, 5.74) is 1.57. The van der Waals surface area contributed by atoms with E-state index < -0.39 is 0 Å². The molecule has 0 saturated heterocycles. The van der Waals surface area contributed by atoms with Crippen molar-refractivity contribution in [1.29, 1.82) is 0 Å². The van der Waals surface area contributed by atoms with Gasteiger partial charge in [-0.1, -0.05) is 6.42 Å². The predicted molar refractivity (Wildman–Crippen MR) is 75.4 cm³/mol. The number of fused-ring (bicyclic) bond motifs is 3. The number of hydrogen-bond donors (Lipinski definition) is 0. The van der Waals surface area contributed by atoms with Crippen LogP contribution in [0.3, 0.4) is 0 Å². The second kappa shape index (κ2) is 3.97. The molecule has 2 aliphatic carbocycles. The fourth-order valence-electron chi connectivity index (χ4n) is 4.21. The van der Waals surface area contributed by atoms with E-state index in [1.54, 1.807) is 11.3 Å². The molecule has 2 aromatic heterocycles. The van der Waals surface area contributed by atoms with E-state index in [9.17, 15) is 0 Å². The molecule has 0 amide bonds. The van der Waals surface area contributed by atoms with E-state index >= 15 is 0 Å². The lowest BCUT2D eigenvalue weighted by molar-refractivity contribution is 0.191. The van der Waals surface area contributed by atoms with Gasteiger partial charge in [-0.25, -0.2) is 4.98 Å². The molecule has 2 nitrogen and oxygen atoms in total. The number of imidazole rings is 1. The minimum atomic E-state index is 0.342. The molecule has 96 valence electrons. The molecular weight excluding hydrogens is 264 g/mol. The lowest BCUT2D eigenvalue weighted by Crippen LogP contribution is -2.32. The van der Waals surface area contributed by atoms with Gasteiger partial charge in [0.05, 0.1) is 5.69 Å². The summed E-state index contributed by atoms with van der Waals surface area (Å²) in [6.07, 6.45) is 10.9. The second-order valence-corrected chi connectivity index (χ2v) is 7.22. The monoisotopic (exact) mass is 280 g/mol. The third-order valence-corrected chi connectivity index (χ3v) is 6.35. The minimum absolute atomic E-state index is 0.342. The highest BCUT2D eigenvalue weighted by Crippen LogP contribution is 2.57. The molecule has 0 aliphatic heterocycles. The predicted octanol–water partition coefficient (Wildman–Crippen LogP) is 3.98. The Morgan fingerprint density at radius 3 is 3.11 bits per heavy atom.